The van der Waals surface area contributed by atoms with Crippen LogP contribution in [0.5, 0.6) is 0 Å². The minimum atomic E-state index is -0.916. The van der Waals surface area contributed by atoms with Crippen molar-refractivity contribution in [3.05, 3.63) is 33.3 Å². The molecule has 0 bridgehead atoms. The molecule has 92 valence electrons. The first-order valence-electron chi connectivity index (χ1n) is 5.29. The Bertz CT molecular complexity index is 455. The van der Waals surface area contributed by atoms with Crippen LogP contribution in [0.4, 0.5) is 0 Å². The van der Waals surface area contributed by atoms with E-state index < -0.39 is 17.5 Å². The molecule has 0 heterocycles. The maximum absolute atomic E-state index is 10.7. The molecule has 1 saturated carbocycles. The molecule has 0 amide bonds. The molecule has 3 nitrogen and oxygen atoms in total. The van der Waals surface area contributed by atoms with Crippen molar-refractivity contribution in [1.29, 1.82) is 0 Å². The SMILES string of the molecule is O=C(O)C1CC(O)(Cc2ccc(Br)cc2Cl)C1. The lowest BCUT2D eigenvalue weighted by Crippen LogP contribution is -2.48. The number of carbonyl (C=O) groups is 1. The van der Waals surface area contributed by atoms with E-state index in [9.17, 15) is 9.90 Å². The summed E-state index contributed by atoms with van der Waals surface area (Å²) in [5.41, 5.74) is -0.0678. The molecule has 0 aliphatic heterocycles. The molecule has 2 N–H and O–H groups in total. The third-order valence-corrected chi connectivity index (χ3v) is 3.98. The molecular weight excluding hydrogens is 307 g/mol. The second-order valence-corrected chi connectivity index (χ2v) is 5.90. The van der Waals surface area contributed by atoms with E-state index in [-0.39, 0.29) is 0 Å². The second-order valence-electron chi connectivity index (χ2n) is 4.58. The number of halogens is 2. The second kappa shape index (κ2) is 4.59. The van der Waals surface area contributed by atoms with Crippen LogP contribution < -0.4 is 0 Å². The summed E-state index contributed by atoms with van der Waals surface area (Å²) < 4.78 is 0.885. The van der Waals surface area contributed by atoms with Crippen molar-refractivity contribution in [3.63, 3.8) is 0 Å². The van der Waals surface area contributed by atoms with Gasteiger partial charge in [0.2, 0.25) is 0 Å². The lowest BCUT2D eigenvalue weighted by molar-refractivity contribution is -0.158. The maximum atomic E-state index is 10.7. The van der Waals surface area contributed by atoms with Crippen LogP contribution in [0, 0.1) is 5.92 Å². The predicted octanol–water partition coefficient (Wildman–Crippen LogP) is 2.87. The fourth-order valence-corrected chi connectivity index (χ4v) is 2.94. The molecule has 1 aliphatic rings. The molecule has 0 radical (unpaired) electrons. The standard InChI is InChI=1S/C12H12BrClO3/c13-9-2-1-7(10(14)3-9)4-12(17)5-8(6-12)11(15)16/h1-3,8,17H,4-6H2,(H,15,16). The highest BCUT2D eigenvalue weighted by molar-refractivity contribution is 9.10. The van der Waals surface area contributed by atoms with Crippen LogP contribution in [-0.4, -0.2) is 21.8 Å². The van der Waals surface area contributed by atoms with Gasteiger partial charge in [-0.15, -0.1) is 0 Å². The van der Waals surface area contributed by atoms with Gasteiger partial charge in [-0.1, -0.05) is 33.6 Å². The third kappa shape index (κ3) is 2.81. The molecule has 0 spiro atoms. The van der Waals surface area contributed by atoms with Gasteiger partial charge in [-0.05, 0) is 30.5 Å². The first kappa shape index (κ1) is 12.9. The van der Waals surface area contributed by atoms with E-state index in [2.05, 4.69) is 15.9 Å². The molecule has 0 aromatic heterocycles. The number of hydrogen-bond acceptors (Lipinski definition) is 2. The molecule has 1 aromatic carbocycles. The van der Waals surface area contributed by atoms with E-state index in [0.717, 1.165) is 10.0 Å². The molecule has 2 rings (SSSR count). The summed E-state index contributed by atoms with van der Waals surface area (Å²) in [5, 5.41) is 19.5. The van der Waals surface area contributed by atoms with Gasteiger partial charge >= 0.3 is 5.97 Å². The summed E-state index contributed by atoms with van der Waals surface area (Å²) in [6.07, 6.45) is 1.01. The van der Waals surface area contributed by atoms with Gasteiger partial charge < -0.3 is 10.2 Å². The minimum absolute atomic E-state index is 0.300. The number of aliphatic carboxylic acids is 1. The van der Waals surface area contributed by atoms with Crippen LogP contribution in [0.2, 0.25) is 5.02 Å². The Labute approximate surface area is 113 Å². The predicted molar refractivity (Wildman–Crippen MR) is 68.2 cm³/mol. The average molecular weight is 320 g/mol. The lowest BCUT2D eigenvalue weighted by Gasteiger charge is -2.41. The Morgan fingerprint density at radius 2 is 2.18 bits per heavy atom. The van der Waals surface area contributed by atoms with E-state index >= 15 is 0 Å². The van der Waals surface area contributed by atoms with Crippen LogP contribution in [0.25, 0.3) is 0 Å². The van der Waals surface area contributed by atoms with Crippen LogP contribution in [0.15, 0.2) is 22.7 Å². The van der Waals surface area contributed by atoms with E-state index in [1.807, 2.05) is 12.1 Å². The highest BCUT2D eigenvalue weighted by Gasteiger charge is 2.46. The summed E-state index contributed by atoms with van der Waals surface area (Å²) >= 11 is 9.37. The van der Waals surface area contributed by atoms with Crippen LogP contribution >= 0.6 is 27.5 Å². The number of aliphatic hydroxyl groups is 1. The average Bonchev–Trinajstić information content (AvgIpc) is 2.18. The monoisotopic (exact) mass is 318 g/mol. The highest BCUT2D eigenvalue weighted by atomic mass is 79.9. The van der Waals surface area contributed by atoms with Gasteiger partial charge in [0, 0.05) is 15.9 Å². The normalized spacial score (nSPS) is 27.6. The number of benzene rings is 1. The molecule has 0 unspecified atom stereocenters. The number of hydrogen-bond donors (Lipinski definition) is 2. The smallest absolute Gasteiger partial charge is 0.306 e. The van der Waals surface area contributed by atoms with Crippen molar-refractivity contribution in [1.82, 2.24) is 0 Å². The largest absolute Gasteiger partial charge is 0.481 e. The zero-order chi connectivity index (χ0) is 12.6. The van der Waals surface area contributed by atoms with Crippen molar-refractivity contribution in [2.24, 2.45) is 5.92 Å². The van der Waals surface area contributed by atoms with Crippen LogP contribution in [0.3, 0.4) is 0 Å². The lowest BCUT2D eigenvalue weighted by atomic mass is 9.68. The first-order valence-corrected chi connectivity index (χ1v) is 6.46. The molecule has 1 aliphatic carbocycles. The summed E-state index contributed by atoms with van der Waals surface area (Å²) in [7, 11) is 0. The van der Waals surface area contributed by atoms with Gasteiger partial charge in [-0.25, -0.2) is 0 Å². The van der Waals surface area contributed by atoms with Crippen molar-refractivity contribution in [2.75, 3.05) is 0 Å². The zero-order valence-electron chi connectivity index (χ0n) is 8.99. The molecule has 1 aromatic rings. The topological polar surface area (TPSA) is 57.5 Å². The molecule has 17 heavy (non-hydrogen) atoms. The fraction of sp³-hybridized carbons (Fsp3) is 0.417. The Morgan fingerprint density at radius 1 is 1.53 bits per heavy atom. The van der Waals surface area contributed by atoms with Gasteiger partial charge in [0.25, 0.3) is 0 Å². The van der Waals surface area contributed by atoms with Gasteiger partial charge in [0.1, 0.15) is 0 Å². The van der Waals surface area contributed by atoms with E-state index in [1.165, 1.54) is 0 Å². The van der Waals surface area contributed by atoms with Gasteiger partial charge in [0.05, 0.1) is 11.5 Å². The Hall–Kier alpha value is -0.580. The van der Waals surface area contributed by atoms with Gasteiger partial charge in [-0.3, -0.25) is 4.79 Å². The van der Waals surface area contributed by atoms with Crippen LogP contribution in [-0.2, 0) is 11.2 Å². The Morgan fingerprint density at radius 3 is 2.71 bits per heavy atom. The third-order valence-electron chi connectivity index (χ3n) is 3.14. The molecule has 0 saturated heterocycles. The van der Waals surface area contributed by atoms with E-state index in [0.29, 0.717) is 24.3 Å². The van der Waals surface area contributed by atoms with E-state index in [1.54, 1.807) is 6.07 Å². The summed E-state index contributed by atoms with van der Waals surface area (Å²) in [4.78, 5) is 10.7. The van der Waals surface area contributed by atoms with Crippen molar-refractivity contribution >= 4 is 33.5 Å². The Balaban J connectivity index is 2.05. The van der Waals surface area contributed by atoms with Crippen LogP contribution in [0.1, 0.15) is 18.4 Å². The van der Waals surface area contributed by atoms with Crippen molar-refractivity contribution in [2.45, 2.75) is 24.9 Å². The van der Waals surface area contributed by atoms with Crippen molar-refractivity contribution in [3.8, 4) is 0 Å². The number of carboxylic acid groups (broad SMARTS) is 1. The summed E-state index contributed by atoms with van der Waals surface area (Å²) in [6, 6.07) is 5.48. The van der Waals surface area contributed by atoms with Gasteiger partial charge in [0.15, 0.2) is 0 Å². The molecule has 5 heteroatoms. The van der Waals surface area contributed by atoms with Gasteiger partial charge in [-0.2, -0.15) is 0 Å². The Kier molecular flexibility index (Phi) is 3.48. The summed E-state index contributed by atoms with van der Waals surface area (Å²) in [6.45, 7) is 0. The fourth-order valence-electron chi connectivity index (χ4n) is 2.20. The number of rotatable bonds is 3. The molecular formula is C12H12BrClO3. The number of carboxylic acids is 1. The molecule has 1 fully saturated rings. The minimum Gasteiger partial charge on any atom is -0.481 e. The first-order chi connectivity index (χ1) is 7.89. The quantitative estimate of drug-likeness (QED) is 0.900. The van der Waals surface area contributed by atoms with E-state index in [4.69, 9.17) is 16.7 Å². The highest BCUT2D eigenvalue weighted by Crippen LogP contribution is 2.41. The zero-order valence-corrected chi connectivity index (χ0v) is 11.3. The molecule has 0 atom stereocenters. The summed E-state index contributed by atoms with van der Waals surface area (Å²) in [5.74, 6) is -1.26. The van der Waals surface area contributed by atoms with Crippen molar-refractivity contribution < 1.29 is 15.0 Å². The maximum Gasteiger partial charge on any atom is 0.306 e.